The van der Waals surface area contributed by atoms with Gasteiger partial charge in [-0.05, 0) is 85.6 Å². The van der Waals surface area contributed by atoms with Crippen molar-refractivity contribution in [2.24, 2.45) is 11.8 Å². The molecule has 10 rings (SSSR count). The Morgan fingerprint density at radius 1 is 0.577 bits per heavy atom. The van der Waals surface area contributed by atoms with Crippen molar-refractivity contribution in [2.75, 3.05) is 0 Å². The minimum absolute atomic E-state index is 0.0332. The topological polar surface area (TPSA) is 241 Å². The quantitative estimate of drug-likeness (QED) is 0.0690. The number of benzene rings is 2. The number of aliphatic hydroxyl groups excluding tert-OH is 2. The average molecular weight is 1130 g/mol. The molecule has 6 heterocycles. The molecule has 2 fully saturated rings. The molecular weight excluding hydrogens is 1090 g/mol. The molecule has 78 heavy (non-hydrogen) atoms. The lowest BCUT2D eigenvalue weighted by Crippen LogP contribution is -2.37. The van der Waals surface area contributed by atoms with Crippen LogP contribution in [0.2, 0.25) is 10.0 Å². The smallest absolute Gasteiger partial charge is 0.382 e. The van der Waals surface area contributed by atoms with Crippen molar-refractivity contribution < 1.29 is 54.9 Å². The molecule has 2 N–H and O–H groups in total. The molecule has 0 radical (unpaired) electrons. The first-order valence-corrected chi connectivity index (χ1v) is 24.2. The lowest BCUT2D eigenvalue weighted by atomic mass is 10.1. The number of nitrogens with zero attached hydrogens (tertiary/aromatic N) is 14. The van der Waals surface area contributed by atoms with Gasteiger partial charge in [-0.25, -0.2) is 57.0 Å². The molecular formula is C48H40Cl2F8N14O6. The van der Waals surface area contributed by atoms with Gasteiger partial charge in [0.2, 0.25) is 0 Å². The van der Waals surface area contributed by atoms with E-state index in [9.17, 15) is 64.5 Å². The third kappa shape index (κ3) is 12.6. The van der Waals surface area contributed by atoms with Crippen molar-refractivity contribution in [3.63, 3.8) is 0 Å². The van der Waals surface area contributed by atoms with E-state index in [1.54, 1.807) is 12.1 Å². The molecule has 0 bridgehead atoms. The van der Waals surface area contributed by atoms with E-state index in [1.807, 2.05) is 0 Å². The number of carbonyl (C=O) groups is 2. The number of ketones is 2. The van der Waals surface area contributed by atoms with Crippen LogP contribution in [0.25, 0.3) is 34.4 Å². The second kappa shape index (κ2) is 22.3. The Balaban J connectivity index is 0.000000190. The minimum atomic E-state index is -4.96. The highest BCUT2D eigenvalue weighted by atomic mass is 35.5. The summed E-state index contributed by atoms with van der Waals surface area (Å²) in [5.74, 6) is -1.06. The van der Waals surface area contributed by atoms with Crippen LogP contribution in [0.15, 0.2) is 107 Å². The average Bonchev–Trinajstić information content (AvgIpc) is 3.93. The van der Waals surface area contributed by atoms with Gasteiger partial charge < -0.3 is 10.2 Å². The van der Waals surface area contributed by atoms with Crippen LogP contribution in [-0.4, -0.2) is 127 Å². The molecule has 0 amide bonds. The first-order chi connectivity index (χ1) is 37.0. The number of halogens is 10. The van der Waals surface area contributed by atoms with Crippen molar-refractivity contribution in [3.05, 3.63) is 152 Å². The zero-order valence-corrected chi connectivity index (χ0v) is 41.4. The van der Waals surface area contributed by atoms with Crippen molar-refractivity contribution in [2.45, 2.75) is 88.8 Å². The van der Waals surface area contributed by atoms with Gasteiger partial charge >= 0.3 is 23.7 Å². The van der Waals surface area contributed by atoms with Gasteiger partial charge in [-0.2, -0.15) is 26.3 Å². The zero-order valence-electron chi connectivity index (χ0n) is 39.9. The fourth-order valence-corrected chi connectivity index (χ4v) is 8.19. The Morgan fingerprint density at radius 3 is 1.27 bits per heavy atom. The summed E-state index contributed by atoms with van der Waals surface area (Å²) in [6, 6.07) is 18.0. The van der Waals surface area contributed by atoms with Crippen LogP contribution < -0.4 is 11.4 Å². The highest BCUT2D eigenvalue weighted by Gasteiger charge is 2.42. The lowest BCUT2D eigenvalue weighted by molar-refractivity contribution is -0.207. The summed E-state index contributed by atoms with van der Waals surface area (Å²) in [4.78, 5) is 68.1. The molecule has 0 aliphatic heterocycles. The molecule has 2 aliphatic carbocycles. The van der Waals surface area contributed by atoms with Crippen LogP contribution in [0, 0.1) is 11.8 Å². The lowest BCUT2D eigenvalue weighted by Gasteiger charge is -2.15. The molecule has 0 unspecified atom stereocenters. The standard InChI is InChI=1S/2C24H20ClF4N7O3/c2*25-15-5-3-13(4-6-15)21-33-35(23(39)34(21)10-19(38)24(27,28)29)11-20-31-12-36(32-20)22-16(2-1-7-30-22)18(37)9-14-8-17(14)26/h2*1-7,12,14,17,19,38H,8-11H2/t14-,17+,19+;14-,17+,19-/m10/s1. The van der Waals surface area contributed by atoms with E-state index in [1.165, 1.54) is 95.1 Å². The van der Waals surface area contributed by atoms with Crippen molar-refractivity contribution >= 4 is 34.8 Å². The number of hydrogen-bond acceptors (Lipinski definition) is 14. The number of Topliss-reactive ketones (excluding diaryl/α,β-unsaturated/α-hetero) is 2. The van der Waals surface area contributed by atoms with Crippen LogP contribution >= 0.6 is 23.2 Å². The largest absolute Gasteiger partial charge is 0.416 e. The van der Waals surface area contributed by atoms with Crippen molar-refractivity contribution in [1.82, 2.24) is 68.2 Å². The van der Waals surface area contributed by atoms with Crippen LogP contribution in [0.5, 0.6) is 0 Å². The van der Waals surface area contributed by atoms with E-state index < -0.39 is 61.4 Å². The summed E-state index contributed by atoms with van der Waals surface area (Å²) in [5, 5.41) is 36.8. The number of hydrogen-bond donors (Lipinski definition) is 2. The molecule has 2 saturated carbocycles. The van der Waals surface area contributed by atoms with Gasteiger partial charge in [-0.3, -0.25) is 18.7 Å². The Hall–Kier alpha value is -7.82. The summed E-state index contributed by atoms with van der Waals surface area (Å²) in [7, 11) is 0. The van der Waals surface area contributed by atoms with Gasteiger partial charge in [0.05, 0.1) is 24.2 Å². The molecule has 0 saturated heterocycles. The predicted octanol–water partition coefficient (Wildman–Crippen LogP) is 6.49. The monoisotopic (exact) mass is 1130 g/mol. The summed E-state index contributed by atoms with van der Waals surface area (Å²) in [5.41, 5.74) is -0.824. The van der Waals surface area contributed by atoms with Crippen LogP contribution in [0.1, 0.15) is 58.0 Å². The first-order valence-electron chi connectivity index (χ1n) is 23.5. The van der Waals surface area contributed by atoms with Crippen LogP contribution in [0.3, 0.4) is 0 Å². The van der Waals surface area contributed by atoms with E-state index >= 15 is 0 Å². The maximum atomic E-state index is 13.3. The second-order valence-electron chi connectivity index (χ2n) is 18.1. The highest BCUT2D eigenvalue weighted by molar-refractivity contribution is 6.30. The number of rotatable bonds is 18. The third-order valence-corrected chi connectivity index (χ3v) is 12.9. The van der Waals surface area contributed by atoms with Gasteiger partial charge in [0.15, 0.2) is 58.7 Å². The number of alkyl halides is 8. The summed E-state index contributed by atoms with van der Waals surface area (Å²) >= 11 is 11.8. The number of carbonyl (C=O) groups excluding carboxylic acids is 2. The van der Waals surface area contributed by atoms with E-state index in [2.05, 4.69) is 40.3 Å². The zero-order chi connectivity index (χ0) is 55.8. The minimum Gasteiger partial charge on any atom is -0.382 e. The fraction of sp³-hybridized carbons (Fsp3) is 0.333. The number of aromatic nitrogens is 14. The van der Waals surface area contributed by atoms with E-state index in [-0.39, 0.29) is 95.4 Å². The summed E-state index contributed by atoms with van der Waals surface area (Å²) < 4.78 is 111. The molecule has 6 atom stereocenters. The molecule has 8 aromatic rings. The Morgan fingerprint density at radius 2 is 0.936 bits per heavy atom. The Labute approximate surface area is 443 Å². The predicted molar refractivity (Wildman–Crippen MR) is 258 cm³/mol. The molecule has 0 spiro atoms. The summed E-state index contributed by atoms with van der Waals surface area (Å²) in [6.45, 7) is -2.82. The third-order valence-electron chi connectivity index (χ3n) is 12.4. The number of aliphatic hydroxyl groups is 2. The molecule has 30 heteroatoms. The normalized spacial score (nSPS) is 17.8. The van der Waals surface area contributed by atoms with Crippen LogP contribution in [-0.2, 0) is 26.2 Å². The molecule has 2 aromatic carbocycles. The molecule has 20 nitrogen and oxygen atoms in total. The van der Waals surface area contributed by atoms with E-state index in [0.29, 0.717) is 43.1 Å². The molecule has 2 aliphatic rings. The summed E-state index contributed by atoms with van der Waals surface area (Å²) in [6.07, 6.45) is -11.3. The van der Waals surface area contributed by atoms with Gasteiger partial charge in [0.25, 0.3) is 0 Å². The van der Waals surface area contributed by atoms with Gasteiger partial charge in [-0.1, -0.05) is 23.2 Å². The van der Waals surface area contributed by atoms with Crippen molar-refractivity contribution in [1.29, 1.82) is 0 Å². The van der Waals surface area contributed by atoms with Crippen molar-refractivity contribution in [3.8, 4) is 34.4 Å². The van der Waals surface area contributed by atoms with E-state index in [4.69, 9.17) is 23.2 Å². The Bertz CT molecular complexity index is 3360. The van der Waals surface area contributed by atoms with Crippen LogP contribution in [0.4, 0.5) is 35.1 Å². The molecule has 408 valence electrons. The maximum absolute atomic E-state index is 13.3. The number of pyridine rings is 2. The Kier molecular flexibility index (Phi) is 15.7. The maximum Gasteiger partial charge on any atom is 0.416 e. The van der Waals surface area contributed by atoms with Gasteiger partial charge in [0.1, 0.15) is 38.1 Å². The second-order valence-corrected chi connectivity index (χ2v) is 19.0. The fourth-order valence-electron chi connectivity index (χ4n) is 7.94. The van der Waals surface area contributed by atoms with E-state index in [0.717, 1.165) is 9.36 Å². The van der Waals surface area contributed by atoms with Gasteiger partial charge in [-0.15, -0.1) is 20.4 Å². The van der Waals surface area contributed by atoms with Gasteiger partial charge in [0, 0.05) is 58.2 Å². The highest BCUT2D eigenvalue weighted by Crippen LogP contribution is 2.39. The first kappa shape index (κ1) is 55.0. The SMILES string of the molecule is O=C(C[C@@H]1C[C@H]1F)c1cccnc1-n1cnc(Cn2nc(-c3ccc(Cl)cc3)n(C[C@H](O)C(F)(F)F)c2=O)n1.O=C(C[C@H]1C[C@@H]1F)c1cccnc1-n1cnc(Cn2nc(-c3ccc(Cl)cc3)n(C[C@H](O)C(F)(F)F)c2=O)n1. The molecule has 6 aromatic heterocycles.